The van der Waals surface area contributed by atoms with Gasteiger partial charge in [-0.15, -0.1) is 6.42 Å². The zero-order valence-corrected chi connectivity index (χ0v) is 21.0. The Morgan fingerprint density at radius 3 is 2.68 bits per heavy atom. The van der Waals surface area contributed by atoms with E-state index in [1.807, 2.05) is 0 Å². The number of H-pyrrole nitrogens is 1. The summed E-state index contributed by atoms with van der Waals surface area (Å²) in [6.45, 7) is 1.30. The number of rotatable bonds is 10. The number of aromatic amines is 1. The Balaban J connectivity index is 1.96. The van der Waals surface area contributed by atoms with Gasteiger partial charge in [0.2, 0.25) is 5.67 Å². The number of hydrogen-bond acceptors (Lipinski definition) is 10. The molecule has 1 aliphatic rings. The van der Waals surface area contributed by atoms with E-state index >= 15 is 4.39 Å². The lowest BCUT2D eigenvalue weighted by atomic mass is 9.97. The molecule has 37 heavy (non-hydrogen) atoms. The number of carbonyl (C=O) groups excluding carboxylic acids is 1. The minimum Gasteiger partial charge on any atom is -0.463 e. The fourth-order valence-corrected chi connectivity index (χ4v) is 5.06. The molecule has 1 saturated heterocycles. The minimum absolute atomic E-state index is 0.00107. The summed E-state index contributed by atoms with van der Waals surface area (Å²) >= 11 is 0. The van der Waals surface area contributed by atoms with Crippen molar-refractivity contribution in [3.05, 3.63) is 57.6 Å². The number of aliphatic hydroxyl groups excluding tert-OH is 1. The fraction of sp³-hybridized carbons (Fsp3) is 0.478. The van der Waals surface area contributed by atoms with Crippen molar-refractivity contribution in [3.63, 3.8) is 0 Å². The van der Waals surface area contributed by atoms with Crippen molar-refractivity contribution in [1.82, 2.24) is 14.5 Å². The number of nitrogens with zero attached hydrogens (tertiary/aromatic N) is 2. The predicted molar refractivity (Wildman–Crippen MR) is 128 cm³/mol. The maximum atomic E-state index is 15.8. The normalized spacial score (nSPS) is 26.9. The van der Waals surface area contributed by atoms with Gasteiger partial charge in [-0.2, -0.15) is 4.98 Å². The average molecular weight is 541 g/mol. The Hall–Kier alpha value is -3.30. The monoisotopic (exact) mass is 541 g/mol. The molecular formula is C23H27FN3O9P. The summed E-state index contributed by atoms with van der Waals surface area (Å²) in [7, 11) is -4.62. The van der Waals surface area contributed by atoms with E-state index in [1.54, 1.807) is 43.0 Å². The molecule has 0 bridgehead atoms. The van der Waals surface area contributed by atoms with Crippen LogP contribution in [0.2, 0.25) is 0 Å². The smallest absolute Gasteiger partial charge is 0.380 e. The molecule has 1 aromatic heterocycles. The number of nitrogens with one attached hydrogen (secondary N) is 1. The summed E-state index contributed by atoms with van der Waals surface area (Å²) < 4.78 is 68.1. The molecule has 1 fully saturated rings. The SMILES string of the molecule is [2H]C([2H])(O[P@@](=O)(C[C@@H](C)C(=O)OC(C)C)Oc1ccccc1)[C@H]1O[C@@H](n2cnc(=O)[nH]c2=O)C(F)(C#C)[C@H]1O. The van der Waals surface area contributed by atoms with E-state index in [0.717, 1.165) is 0 Å². The highest BCUT2D eigenvalue weighted by Crippen LogP contribution is 2.51. The second-order valence-corrected chi connectivity index (χ2v) is 10.4. The van der Waals surface area contributed by atoms with E-state index in [2.05, 4.69) is 4.98 Å². The number of alkyl halides is 1. The van der Waals surface area contributed by atoms with E-state index < -0.39 is 73.8 Å². The van der Waals surface area contributed by atoms with Crippen LogP contribution >= 0.6 is 7.60 Å². The molecule has 0 saturated carbocycles. The molecule has 0 aliphatic carbocycles. The third kappa shape index (κ3) is 6.53. The molecule has 2 aromatic rings. The molecule has 1 aliphatic heterocycles. The summed E-state index contributed by atoms with van der Waals surface area (Å²) in [6, 6.07) is 7.52. The summed E-state index contributed by atoms with van der Waals surface area (Å²) in [4.78, 5) is 41.0. The molecular weight excluding hydrogens is 512 g/mol. The number of carbonyl (C=O) groups is 1. The molecule has 2 N–H and O–H groups in total. The van der Waals surface area contributed by atoms with Crippen LogP contribution in [0.15, 0.2) is 46.2 Å². The molecule has 0 amide bonds. The van der Waals surface area contributed by atoms with Gasteiger partial charge in [0.15, 0.2) is 6.23 Å². The number of aliphatic hydroxyl groups is 1. The standard InChI is InChI=1S/C23H27FN3O9P/c1-5-23(24)18(28)17(35-20(23)27-13-25-21(30)26-22(27)31)11-33-37(32,36-16-9-7-6-8-10-16)12-15(4)19(29)34-14(2)3/h1,6-10,13-15,17-18,20,28H,11-12H2,2-4H3,(H,26,30,31)/t15-,17-,18+,20-,23?,37+/m1/s1/i11D2. The first kappa shape index (κ1) is 25.4. The maximum Gasteiger partial charge on any atom is 0.380 e. The first-order chi connectivity index (χ1) is 18.1. The van der Waals surface area contributed by atoms with Crippen molar-refractivity contribution < 1.29 is 40.1 Å². The van der Waals surface area contributed by atoms with Crippen molar-refractivity contribution in [2.75, 3.05) is 12.7 Å². The fourth-order valence-electron chi connectivity index (χ4n) is 3.34. The molecule has 2 heterocycles. The van der Waals surface area contributed by atoms with Crippen molar-refractivity contribution in [1.29, 1.82) is 0 Å². The van der Waals surface area contributed by atoms with Gasteiger partial charge in [-0.25, -0.2) is 18.5 Å². The Labute approximate surface area is 214 Å². The third-order valence-corrected chi connectivity index (χ3v) is 6.99. The van der Waals surface area contributed by atoms with Crippen LogP contribution in [0.25, 0.3) is 0 Å². The Kier molecular flexibility index (Phi) is 7.81. The number of ether oxygens (including phenoxy) is 2. The van der Waals surface area contributed by atoms with Crippen LogP contribution in [0.1, 0.15) is 29.7 Å². The molecule has 200 valence electrons. The van der Waals surface area contributed by atoms with Crippen LogP contribution in [0, 0.1) is 18.3 Å². The van der Waals surface area contributed by atoms with Gasteiger partial charge in [-0.05, 0) is 26.0 Å². The van der Waals surface area contributed by atoms with E-state index in [-0.39, 0.29) is 5.75 Å². The molecule has 0 spiro atoms. The van der Waals surface area contributed by atoms with Gasteiger partial charge in [0.05, 0.1) is 27.5 Å². The summed E-state index contributed by atoms with van der Waals surface area (Å²) in [5.41, 5.74) is -5.48. The van der Waals surface area contributed by atoms with Crippen molar-refractivity contribution in [2.24, 2.45) is 5.92 Å². The van der Waals surface area contributed by atoms with Crippen molar-refractivity contribution >= 4 is 13.6 Å². The highest BCUT2D eigenvalue weighted by molar-refractivity contribution is 7.54. The Morgan fingerprint density at radius 1 is 1.41 bits per heavy atom. The molecule has 1 unspecified atom stereocenters. The summed E-state index contributed by atoms with van der Waals surface area (Å²) in [5.74, 6) is -0.214. The van der Waals surface area contributed by atoms with Crippen LogP contribution < -0.4 is 15.9 Å². The zero-order chi connectivity index (χ0) is 29.2. The van der Waals surface area contributed by atoms with Crippen LogP contribution in [-0.2, 0) is 23.4 Å². The number of para-hydroxylation sites is 1. The van der Waals surface area contributed by atoms with Gasteiger partial charge in [0.1, 0.15) is 24.3 Å². The van der Waals surface area contributed by atoms with Gasteiger partial charge in [0, 0.05) is 0 Å². The third-order valence-electron chi connectivity index (χ3n) is 5.12. The lowest BCUT2D eigenvalue weighted by Gasteiger charge is -2.24. The number of aromatic nitrogens is 3. The molecule has 1 aromatic carbocycles. The highest BCUT2D eigenvalue weighted by atomic mass is 31.2. The molecule has 12 nitrogen and oxygen atoms in total. The predicted octanol–water partition coefficient (Wildman–Crippen LogP) is 1.41. The molecule has 6 atom stereocenters. The second kappa shape index (κ2) is 11.4. The summed E-state index contributed by atoms with van der Waals surface area (Å²) in [5, 5.41) is 10.7. The van der Waals surface area contributed by atoms with Crippen molar-refractivity contribution in [3.8, 4) is 18.1 Å². The summed E-state index contributed by atoms with van der Waals surface area (Å²) in [6.07, 6.45) is -2.18. The average Bonchev–Trinajstić information content (AvgIpc) is 3.10. The quantitative estimate of drug-likeness (QED) is 0.256. The van der Waals surface area contributed by atoms with E-state index in [9.17, 15) is 24.1 Å². The minimum atomic E-state index is -4.62. The van der Waals surface area contributed by atoms with E-state index in [4.69, 9.17) is 27.7 Å². The number of hydrogen-bond donors (Lipinski definition) is 2. The number of esters is 1. The lowest BCUT2D eigenvalue weighted by molar-refractivity contribution is -0.151. The molecule has 14 heteroatoms. The first-order valence-corrected chi connectivity index (χ1v) is 12.8. The number of halogens is 1. The van der Waals surface area contributed by atoms with E-state index in [1.165, 1.54) is 19.1 Å². The van der Waals surface area contributed by atoms with Gasteiger partial charge < -0.3 is 19.1 Å². The molecule has 0 radical (unpaired) electrons. The van der Waals surface area contributed by atoms with Crippen LogP contribution in [-0.4, -0.2) is 62.3 Å². The van der Waals surface area contributed by atoms with Crippen molar-refractivity contribution in [2.45, 2.75) is 51.0 Å². The van der Waals surface area contributed by atoms with Crippen LogP contribution in [0.3, 0.4) is 0 Å². The molecule has 3 rings (SSSR count). The highest BCUT2D eigenvalue weighted by Gasteiger charge is 2.58. The lowest BCUT2D eigenvalue weighted by Crippen LogP contribution is -2.45. The van der Waals surface area contributed by atoms with Gasteiger partial charge >= 0.3 is 24.9 Å². The van der Waals surface area contributed by atoms with Gasteiger partial charge in [-0.1, -0.05) is 31.0 Å². The van der Waals surface area contributed by atoms with Crippen LogP contribution in [0.5, 0.6) is 5.75 Å². The zero-order valence-electron chi connectivity index (χ0n) is 22.1. The topological polar surface area (TPSA) is 159 Å². The van der Waals surface area contributed by atoms with Crippen LogP contribution in [0.4, 0.5) is 4.39 Å². The van der Waals surface area contributed by atoms with E-state index in [0.29, 0.717) is 10.9 Å². The number of terminal acetylenes is 1. The Bertz CT molecular complexity index is 1400. The van der Waals surface area contributed by atoms with Gasteiger partial charge in [-0.3, -0.25) is 18.9 Å². The first-order valence-electron chi connectivity index (χ1n) is 12.0. The largest absolute Gasteiger partial charge is 0.463 e. The second-order valence-electron chi connectivity index (χ2n) is 8.45. The Morgan fingerprint density at radius 2 is 2.08 bits per heavy atom. The maximum absolute atomic E-state index is 15.8. The van der Waals surface area contributed by atoms with Gasteiger partial charge in [0.25, 0.3) is 0 Å². The number of benzene rings is 1.